The average molecular weight is 379 g/mol. The average Bonchev–Trinajstić information content (AvgIpc) is 3.10. The van der Waals surface area contributed by atoms with Crippen LogP contribution in [0.4, 0.5) is 0 Å². The van der Waals surface area contributed by atoms with Gasteiger partial charge in [-0.25, -0.2) is 9.48 Å². The standard InChI is InChI=1S/C21H21N3O4/c1-15-18(13-24(23-15)16-9-5-3-6-10-16)19(25)22-21(2,20(26)27)14-28-17-11-7-4-8-12-17/h3-13H,14H2,1-2H3,(H,22,25)(H,26,27)/t21-/m1/s1. The molecule has 0 unspecified atom stereocenters. The zero-order valence-corrected chi connectivity index (χ0v) is 15.6. The fourth-order valence-corrected chi connectivity index (χ4v) is 2.61. The number of ether oxygens (including phenoxy) is 1. The van der Waals surface area contributed by atoms with Gasteiger partial charge in [0.2, 0.25) is 0 Å². The molecule has 0 fully saturated rings. The highest BCUT2D eigenvalue weighted by molar-refractivity contribution is 5.98. The largest absolute Gasteiger partial charge is 0.491 e. The first kappa shape index (κ1) is 19.2. The van der Waals surface area contributed by atoms with E-state index in [0.717, 1.165) is 5.69 Å². The van der Waals surface area contributed by atoms with Crippen LogP contribution in [0, 0.1) is 6.92 Å². The summed E-state index contributed by atoms with van der Waals surface area (Å²) in [6.45, 7) is 2.89. The molecule has 3 aromatic rings. The predicted molar refractivity (Wildman–Crippen MR) is 104 cm³/mol. The van der Waals surface area contributed by atoms with E-state index < -0.39 is 17.4 Å². The van der Waals surface area contributed by atoms with Crippen molar-refractivity contribution in [1.82, 2.24) is 15.1 Å². The van der Waals surface area contributed by atoms with E-state index in [9.17, 15) is 14.7 Å². The van der Waals surface area contributed by atoms with Gasteiger partial charge in [0, 0.05) is 6.20 Å². The van der Waals surface area contributed by atoms with Crippen molar-refractivity contribution < 1.29 is 19.4 Å². The lowest BCUT2D eigenvalue weighted by Crippen LogP contribution is -2.56. The van der Waals surface area contributed by atoms with Crippen LogP contribution in [0.2, 0.25) is 0 Å². The lowest BCUT2D eigenvalue weighted by Gasteiger charge is -2.26. The molecule has 0 aliphatic carbocycles. The van der Waals surface area contributed by atoms with Crippen molar-refractivity contribution in [3.05, 3.63) is 78.1 Å². The zero-order chi connectivity index (χ0) is 20.1. The van der Waals surface area contributed by atoms with Crippen LogP contribution in [-0.2, 0) is 4.79 Å². The first-order valence-electron chi connectivity index (χ1n) is 8.74. The summed E-state index contributed by atoms with van der Waals surface area (Å²) in [7, 11) is 0. The molecular formula is C21H21N3O4. The summed E-state index contributed by atoms with van der Waals surface area (Å²) in [6, 6.07) is 18.2. The number of benzene rings is 2. The van der Waals surface area contributed by atoms with E-state index in [-0.39, 0.29) is 6.61 Å². The fourth-order valence-electron chi connectivity index (χ4n) is 2.61. The zero-order valence-electron chi connectivity index (χ0n) is 15.6. The van der Waals surface area contributed by atoms with Crippen molar-refractivity contribution >= 4 is 11.9 Å². The van der Waals surface area contributed by atoms with Crippen LogP contribution < -0.4 is 10.1 Å². The van der Waals surface area contributed by atoms with E-state index in [1.807, 2.05) is 36.4 Å². The maximum absolute atomic E-state index is 12.8. The van der Waals surface area contributed by atoms with Crippen LogP contribution in [0.25, 0.3) is 5.69 Å². The summed E-state index contributed by atoms with van der Waals surface area (Å²) in [5, 5.41) is 16.6. The quantitative estimate of drug-likeness (QED) is 0.658. The number of hydrogen-bond acceptors (Lipinski definition) is 4. The molecule has 0 saturated carbocycles. The number of carboxylic acids is 1. The molecule has 2 aromatic carbocycles. The van der Waals surface area contributed by atoms with E-state index >= 15 is 0 Å². The SMILES string of the molecule is Cc1nn(-c2ccccc2)cc1C(=O)N[C@](C)(COc1ccccc1)C(=O)O. The van der Waals surface area contributed by atoms with Gasteiger partial charge in [-0.05, 0) is 38.1 Å². The number of carbonyl (C=O) groups is 2. The number of carboxylic acid groups (broad SMARTS) is 1. The molecule has 1 amide bonds. The van der Waals surface area contributed by atoms with Crippen LogP contribution in [0.5, 0.6) is 5.75 Å². The normalized spacial score (nSPS) is 12.8. The molecular weight excluding hydrogens is 358 g/mol. The maximum Gasteiger partial charge on any atom is 0.332 e. The van der Waals surface area contributed by atoms with Crippen LogP contribution in [0.1, 0.15) is 23.0 Å². The number of hydrogen-bond donors (Lipinski definition) is 2. The van der Waals surface area contributed by atoms with Crippen molar-refractivity contribution in [2.24, 2.45) is 0 Å². The summed E-state index contributed by atoms with van der Waals surface area (Å²) in [4.78, 5) is 24.6. The minimum absolute atomic E-state index is 0.218. The van der Waals surface area contributed by atoms with Crippen molar-refractivity contribution in [3.63, 3.8) is 0 Å². The second-order valence-electron chi connectivity index (χ2n) is 6.60. The molecule has 0 bridgehead atoms. The van der Waals surface area contributed by atoms with Gasteiger partial charge in [-0.15, -0.1) is 0 Å². The second kappa shape index (κ2) is 7.96. The van der Waals surface area contributed by atoms with Gasteiger partial charge in [-0.2, -0.15) is 5.10 Å². The summed E-state index contributed by atoms with van der Waals surface area (Å²) in [6.07, 6.45) is 1.58. The van der Waals surface area contributed by atoms with E-state index in [1.165, 1.54) is 6.92 Å². The van der Waals surface area contributed by atoms with E-state index in [1.54, 1.807) is 42.1 Å². The Morgan fingerprint density at radius 1 is 1.11 bits per heavy atom. The number of carbonyl (C=O) groups excluding carboxylic acids is 1. The molecule has 0 radical (unpaired) electrons. The highest BCUT2D eigenvalue weighted by Crippen LogP contribution is 2.16. The topological polar surface area (TPSA) is 93.5 Å². The number of aromatic nitrogens is 2. The maximum atomic E-state index is 12.8. The van der Waals surface area contributed by atoms with E-state index in [2.05, 4.69) is 10.4 Å². The van der Waals surface area contributed by atoms with Gasteiger partial charge in [-0.1, -0.05) is 36.4 Å². The van der Waals surface area contributed by atoms with Crippen molar-refractivity contribution in [2.45, 2.75) is 19.4 Å². The molecule has 0 spiro atoms. The van der Waals surface area contributed by atoms with Crippen molar-refractivity contribution in [2.75, 3.05) is 6.61 Å². The lowest BCUT2D eigenvalue weighted by molar-refractivity contribution is -0.145. The van der Waals surface area contributed by atoms with Crippen LogP contribution in [0.3, 0.4) is 0 Å². The van der Waals surface area contributed by atoms with Gasteiger partial charge < -0.3 is 15.2 Å². The number of rotatable bonds is 7. The van der Waals surface area contributed by atoms with Crippen LogP contribution in [-0.4, -0.2) is 38.9 Å². The molecule has 1 heterocycles. The third-order valence-corrected chi connectivity index (χ3v) is 4.30. The number of aliphatic carboxylic acids is 1. The number of nitrogens with one attached hydrogen (secondary N) is 1. The van der Waals surface area contributed by atoms with E-state index in [4.69, 9.17) is 4.74 Å². The smallest absolute Gasteiger partial charge is 0.332 e. The highest BCUT2D eigenvalue weighted by atomic mass is 16.5. The minimum Gasteiger partial charge on any atom is -0.491 e. The second-order valence-corrected chi connectivity index (χ2v) is 6.60. The Labute approximate surface area is 162 Å². The number of aryl methyl sites for hydroxylation is 1. The molecule has 3 rings (SSSR count). The molecule has 0 aliphatic rings. The Kier molecular flexibility index (Phi) is 5.44. The first-order chi connectivity index (χ1) is 13.4. The van der Waals surface area contributed by atoms with Gasteiger partial charge in [-0.3, -0.25) is 4.79 Å². The first-order valence-corrected chi connectivity index (χ1v) is 8.74. The van der Waals surface area contributed by atoms with Gasteiger partial charge in [0.05, 0.1) is 16.9 Å². The van der Waals surface area contributed by atoms with Crippen LogP contribution >= 0.6 is 0 Å². The minimum atomic E-state index is -1.60. The lowest BCUT2D eigenvalue weighted by atomic mass is 10.0. The van der Waals surface area contributed by atoms with Crippen molar-refractivity contribution in [1.29, 1.82) is 0 Å². The Morgan fingerprint density at radius 2 is 1.71 bits per heavy atom. The van der Waals surface area contributed by atoms with Gasteiger partial charge >= 0.3 is 5.97 Å². The Morgan fingerprint density at radius 3 is 2.32 bits per heavy atom. The van der Waals surface area contributed by atoms with Gasteiger partial charge in [0.1, 0.15) is 12.4 Å². The molecule has 0 aliphatic heterocycles. The molecule has 7 heteroatoms. The predicted octanol–water partition coefficient (Wildman–Crippen LogP) is 2.83. The molecule has 1 atom stereocenters. The highest BCUT2D eigenvalue weighted by Gasteiger charge is 2.37. The Hall–Kier alpha value is -3.61. The molecule has 1 aromatic heterocycles. The molecule has 144 valence electrons. The molecule has 2 N–H and O–H groups in total. The number of nitrogens with zero attached hydrogens (tertiary/aromatic N) is 2. The summed E-state index contributed by atoms with van der Waals surface area (Å²) in [5.74, 6) is -1.19. The molecule has 28 heavy (non-hydrogen) atoms. The van der Waals surface area contributed by atoms with Crippen molar-refractivity contribution in [3.8, 4) is 11.4 Å². The Balaban J connectivity index is 1.77. The van der Waals surface area contributed by atoms with Crippen LogP contribution in [0.15, 0.2) is 66.9 Å². The fraction of sp³-hybridized carbons (Fsp3) is 0.190. The summed E-state index contributed by atoms with van der Waals surface area (Å²) in [5.41, 5.74) is 0.000893. The molecule has 0 saturated heterocycles. The third-order valence-electron chi connectivity index (χ3n) is 4.30. The van der Waals surface area contributed by atoms with Gasteiger partial charge in [0.25, 0.3) is 5.91 Å². The number of para-hydroxylation sites is 2. The third kappa shape index (κ3) is 4.20. The molecule has 7 nitrogen and oxygen atoms in total. The van der Waals surface area contributed by atoms with E-state index in [0.29, 0.717) is 17.0 Å². The number of amides is 1. The summed E-state index contributed by atoms with van der Waals surface area (Å²) >= 11 is 0. The monoisotopic (exact) mass is 379 g/mol. The van der Waals surface area contributed by atoms with Gasteiger partial charge in [0.15, 0.2) is 5.54 Å². The Bertz CT molecular complexity index is 970. The summed E-state index contributed by atoms with van der Waals surface area (Å²) < 4.78 is 7.14.